The van der Waals surface area contributed by atoms with Gasteiger partial charge in [0.2, 0.25) is 10.0 Å². The number of sulfonamides is 1. The Labute approximate surface area is 119 Å². The molecule has 1 aromatic rings. The van der Waals surface area contributed by atoms with Crippen molar-refractivity contribution >= 4 is 10.0 Å². The lowest BCUT2D eigenvalue weighted by molar-refractivity contribution is 0.301. The molecule has 1 aliphatic heterocycles. The Balaban J connectivity index is 2.48. The lowest BCUT2D eigenvalue weighted by Gasteiger charge is -2.18. The minimum atomic E-state index is -3.56. The third kappa shape index (κ3) is 3.13. The molecule has 20 heavy (non-hydrogen) atoms. The summed E-state index contributed by atoms with van der Waals surface area (Å²) in [5.41, 5.74) is 0. The molecule has 0 fully saturated rings. The molecule has 0 saturated carbocycles. The predicted molar refractivity (Wildman–Crippen MR) is 76.7 cm³/mol. The smallest absolute Gasteiger partial charge is 0.246 e. The van der Waals surface area contributed by atoms with Crippen LogP contribution >= 0.6 is 0 Å². The van der Waals surface area contributed by atoms with E-state index >= 15 is 0 Å². The lowest BCUT2D eigenvalue weighted by atomic mass is 10.3. The quantitative estimate of drug-likeness (QED) is 0.744. The van der Waals surface area contributed by atoms with Crippen LogP contribution in [-0.4, -0.2) is 40.0 Å². The van der Waals surface area contributed by atoms with Crippen LogP contribution in [0.1, 0.15) is 12.8 Å². The summed E-state index contributed by atoms with van der Waals surface area (Å²) in [4.78, 5) is 0.177. The Morgan fingerprint density at radius 3 is 2.85 bits per heavy atom. The summed E-state index contributed by atoms with van der Waals surface area (Å²) >= 11 is 0. The highest BCUT2D eigenvalue weighted by Crippen LogP contribution is 2.30. The van der Waals surface area contributed by atoms with Gasteiger partial charge in [0.15, 0.2) is 0 Å². The van der Waals surface area contributed by atoms with Gasteiger partial charge in [0.25, 0.3) is 0 Å². The van der Waals surface area contributed by atoms with E-state index in [1.54, 1.807) is 19.2 Å². The number of fused-ring (bicyclic) bond motifs is 1. The summed E-state index contributed by atoms with van der Waals surface area (Å²) < 4.78 is 37.1. The predicted octanol–water partition coefficient (Wildman–Crippen LogP) is 2.04. The van der Waals surface area contributed by atoms with Crippen molar-refractivity contribution in [3.63, 3.8) is 0 Å². The van der Waals surface area contributed by atoms with Crippen molar-refractivity contribution < 1.29 is 17.9 Å². The molecule has 0 aliphatic carbocycles. The minimum absolute atomic E-state index is 0.177. The van der Waals surface area contributed by atoms with Gasteiger partial charge in [0.1, 0.15) is 16.4 Å². The first-order chi connectivity index (χ1) is 9.55. The van der Waals surface area contributed by atoms with E-state index < -0.39 is 10.0 Å². The lowest BCUT2D eigenvalue weighted by Crippen LogP contribution is -2.27. The van der Waals surface area contributed by atoms with E-state index in [0.717, 1.165) is 12.8 Å². The fourth-order valence-corrected chi connectivity index (χ4v) is 3.16. The number of ether oxygens (including phenoxy) is 2. The van der Waals surface area contributed by atoms with Gasteiger partial charge < -0.3 is 9.47 Å². The van der Waals surface area contributed by atoms with Crippen LogP contribution in [-0.2, 0) is 10.0 Å². The molecule has 1 aromatic carbocycles. The molecule has 0 N–H and O–H groups in total. The molecule has 110 valence electrons. The Hall–Kier alpha value is -1.53. The van der Waals surface area contributed by atoms with Crippen molar-refractivity contribution in [2.75, 3.05) is 27.3 Å². The van der Waals surface area contributed by atoms with E-state index in [1.807, 2.05) is 12.2 Å². The highest BCUT2D eigenvalue weighted by atomic mass is 32.2. The van der Waals surface area contributed by atoms with Crippen molar-refractivity contribution in [3.05, 3.63) is 30.4 Å². The van der Waals surface area contributed by atoms with Crippen LogP contribution in [0.5, 0.6) is 11.5 Å². The average Bonchev–Trinajstić information content (AvgIpc) is 2.46. The fourth-order valence-electron chi connectivity index (χ4n) is 1.93. The molecule has 1 aliphatic rings. The summed E-state index contributed by atoms with van der Waals surface area (Å²) in [6.45, 7) is 0.831. The summed E-state index contributed by atoms with van der Waals surface area (Å²) in [7, 11) is -0.459. The Bertz CT molecular complexity index is 595. The van der Waals surface area contributed by atoms with Crippen LogP contribution in [0.15, 0.2) is 35.2 Å². The van der Waals surface area contributed by atoms with Gasteiger partial charge in [-0.25, -0.2) is 8.42 Å². The van der Waals surface area contributed by atoms with E-state index in [-0.39, 0.29) is 4.90 Å². The molecule has 0 unspecified atom stereocenters. The second-order valence-corrected chi connectivity index (χ2v) is 6.57. The Morgan fingerprint density at radius 1 is 1.30 bits per heavy atom. The summed E-state index contributed by atoms with van der Waals surface area (Å²) in [6, 6.07) is 4.77. The number of methoxy groups -OCH3 is 1. The van der Waals surface area contributed by atoms with Crippen molar-refractivity contribution in [2.45, 2.75) is 17.7 Å². The molecule has 0 amide bonds. The number of hydrogen-bond donors (Lipinski definition) is 0. The van der Waals surface area contributed by atoms with E-state index in [1.165, 1.54) is 17.5 Å². The molecule has 0 spiro atoms. The maximum Gasteiger partial charge on any atom is 0.246 e. The third-order valence-corrected chi connectivity index (χ3v) is 5.00. The van der Waals surface area contributed by atoms with Gasteiger partial charge >= 0.3 is 0 Å². The van der Waals surface area contributed by atoms with Crippen LogP contribution in [0.4, 0.5) is 0 Å². The number of rotatable bonds is 1. The second-order valence-electron chi connectivity index (χ2n) is 4.56. The highest BCUT2D eigenvalue weighted by molar-refractivity contribution is 7.89. The van der Waals surface area contributed by atoms with Crippen molar-refractivity contribution in [3.8, 4) is 11.5 Å². The molecule has 0 radical (unpaired) electrons. The monoisotopic (exact) mass is 297 g/mol. The van der Waals surface area contributed by atoms with E-state index in [0.29, 0.717) is 24.7 Å². The molecule has 0 bridgehead atoms. The van der Waals surface area contributed by atoms with Gasteiger partial charge in [0.05, 0.1) is 13.7 Å². The van der Waals surface area contributed by atoms with E-state index in [4.69, 9.17) is 9.47 Å². The first kappa shape index (κ1) is 14.9. The molecule has 6 heteroatoms. The molecule has 1 heterocycles. The summed E-state index contributed by atoms with van der Waals surface area (Å²) in [5, 5.41) is 0. The largest absolute Gasteiger partial charge is 0.497 e. The van der Waals surface area contributed by atoms with Crippen LogP contribution in [0.2, 0.25) is 0 Å². The van der Waals surface area contributed by atoms with E-state index in [9.17, 15) is 8.42 Å². The standard InChI is InChI=1S/C14H19NO4S/c1-15-9-5-3-4-6-10-19-13-11-12(18-2)7-8-14(13)20(15,16)17/h3,5,7-8,11H,4,6,9-10H2,1-2H3/b5-3+. The number of allylic oxidation sites excluding steroid dienone is 1. The number of benzene rings is 1. The van der Waals surface area contributed by atoms with Gasteiger partial charge in [-0.3, -0.25) is 0 Å². The van der Waals surface area contributed by atoms with Gasteiger partial charge in [-0.15, -0.1) is 0 Å². The van der Waals surface area contributed by atoms with Crippen LogP contribution in [0.25, 0.3) is 0 Å². The zero-order valence-electron chi connectivity index (χ0n) is 11.7. The first-order valence-corrected chi connectivity index (χ1v) is 7.92. The molecular formula is C14H19NO4S. The van der Waals surface area contributed by atoms with Crippen LogP contribution in [0.3, 0.4) is 0 Å². The molecule has 2 rings (SSSR count). The molecule has 5 nitrogen and oxygen atoms in total. The Morgan fingerprint density at radius 2 is 2.10 bits per heavy atom. The van der Waals surface area contributed by atoms with Crippen molar-refractivity contribution in [1.29, 1.82) is 0 Å². The zero-order chi connectivity index (χ0) is 14.6. The first-order valence-electron chi connectivity index (χ1n) is 6.48. The average molecular weight is 297 g/mol. The van der Waals surface area contributed by atoms with E-state index in [2.05, 4.69) is 0 Å². The van der Waals surface area contributed by atoms with Crippen LogP contribution < -0.4 is 9.47 Å². The normalized spacial score (nSPS) is 21.1. The van der Waals surface area contributed by atoms with Gasteiger partial charge in [-0.05, 0) is 25.0 Å². The number of nitrogens with zero attached hydrogens (tertiary/aromatic N) is 1. The maximum absolute atomic E-state index is 12.5. The fraction of sp³-hybridized carbons (Fsp3) is 0.429. The summed E-state index contributed by atoms with van der Waals surface area (Å²) in [5.74, 6) is 0.924. The topological polar surface area (TPSA) is 55.8 Å². The molecule has 0 atom stereocenters. The highest BCUT2D eigenvalue weighted by Gasteiger charge is 2.25. The minimum Gasteiger partial charge on any atom is -0.497 e. The zero-order valence-corrected chi connectivity index (χ0v) is 12.5. The van der Waals surface area contributed by atoms with Gasteiger partial charge in [0, 0.05) is 19.7 Å². The number of likely N-dealkylation sites (N-methyl/N-ethyl adjacent to an activating group) is 1. The van der Waals surface area contributed by atoms with Crippen molar-refractivity contribution in [1.82, 2.24) is 4.31 Å². The number of hydrogen-bond acceptors (Lipinski definition) is 4. The Kier molecular flexibility index (Phi) is 4.67. The maximum atomic E-state index is 12.5. The van der Waals surface area contributed by atoms with Crippen LogP contribution in [0, 0.1) is 0 Å². The SMILES string of the molecule is COc1ccc2c(c1)OCCC/C=C/CN(C)S2(=O)=O. The molecule has 0 saturated heterocycles. The van der Waals surface area contributed by atoms with Crippen molar-refractivity contribution in [2.24, 2.45) is 0 Å². The molecule has 0 aromatic heterocycles. The van der Waals surface area contributed by atoms with Gasteiger partial charge in [-0.2, -0.15) is 4.31 Å². The third-order valence-electron chi connectivity index (χ3n) is 3.14. The molecular weight excluding hydrogens is 278 g/mol. The second kappa shape index (κ2) is 6.28. The van der Waals surface area contributed by atoms with Gasteiger partial charge in [-0.1, -0.05) is 12.2 Å². The summed E-state index contributed by atoms with van der Waals surface area (Å²) in [6.07, 6.45) is 5.56.